The summed E-state index contributed by atoms with van der Waals surface area (Å²) in [6, 6.07) is 7.71. The van der Waals surface area contributed by atoms with Crippen LogP contribution >= 0.6 is 15.9 Å². The molecule has 1 aromatic heterocycles. The van der Waals surface area contributed by atoms with Crippen molar-refractivity contribution < 1.29 is 4.74 Å². The van der Waals surface area contributed by atoms with Crippen molar-refractivity contribution in [1.82, 2.24) is 9.97 Å². The summed E-state index contributed by atoms with van der Waals surface area (Å²) < 4.78 is 6.21. The van der Waals surface area contributed by atoms with E-state index in [0.29, 0.717) is 0 Å². The molecule has 0 atom stereocenters. The highest BCUT2D eigenvalue weighted by molar-refractivity contribution is 9.10. The summed E-state index contributed by atoms with van der Waals surface area (Å²) in [7, 11) is 1.64. The second-order valence-electron chi connectivity index (χ2n) is 4.59. The molecule has 0 amide bonds. The molecule has 1 aromatic carbocycles. The van der Waals surface area contributed by atoms with Crippen LogP contribution in [0.3, 0.4) is 0 Å². The molecule has 0 aliphatic heterocycles. The molecular formula is C15H19BrN4O. The van der Waals surface area contributed by atoms with Gasteiger partial charge in [0.2, 0.25) is 0 Å². The van der Waals surface area contributed by atoms with Gasteiger partial charge >= 0.3 is 0 Å². The number of hydrogen-bond donors (Lipinski definition) is 2. The molecule has 6 heteroatoms. The zero-order valence-corrected chi connectivity index (χ0v) is 14.0. The second-order valence-corrected chi connectivity index (χ2v) is 5.44. The van der Waals surface area contributed by atoms with E-state index in [1.54, 1.807) is 7.11 Å². The number of benzene rings is 1. The van der Waals surface area contributed by atoms with Gasteiger partial charge < -0.3 is 15.4 Å². The van der Waals surface area contributed by atoms with Gasteiger partial charge in [-0.3, -0.25) is 0 Å². The average Bonchev–Trinajstić information content (AvgIpc) is 2.46. The molecule has 1 heterocycles. The van der Waals surface area contributed by atoms with E-state index in [-0.39, 0.29) is 0 Å². The van der Waals surface area contributed by atoms with Gasteiger partial charge in [0.05, 0.1) is 11.6 Å². The Balaban J connectivity index is 2.20. The maximum Gasteiger partial charge on any atom is 0.136 e. The van der Waals surface area contributed by atoms with Crippen molar-refractivity contribution >= 4 is 33.3 Å². The number of aromatic nitrogens is 2. The van der Waals surface area contributed by atoms with Gasteiger partial charge in [0.1, 0.15) is 23.2 Å². The zero-order valence-electron chi connectivity index (χ0n) is 12.4. The van der Waals surface area contributed by atoms with Crippen molar-refractivity contribution in [2.75, 3.05) is 24.3 Å². The highest BCUT2D eigenvalue weighted by Gasteiger charge is 2.05. The number of methoxy groups -OCH3 is 1. The van der Waals surface area contributed by atoms with Gasteiger partial charge in [0, 0.05) is 24.4 Å². The number of aryl methyl sites for hydroxylation is 1. The average molecular weight is 351 g/mol. The first-order valence-corrected chi connectivity index (χ1v) is 7.61. The monoisotopic (exact) mass is 350 g/mol. The summed E-state index contributed by atoms with van der Waals surface area (Å²) in [5.74, 6) is 3.08. The van der Waals surface area contributed by atoms with Crippen LogP contribution in [-0.2, 0) is 0 Å². The van der Waals surface area contributed by atoms with Crippen molar-refractivity contribution in [1.29, 1.82) is 0 Å². The highest BCUT2D eigenvalue weighted by Crippen LogP contribution is 2.29. The minimum Gasteiger partial charge on any atom is -0.495 e. The van der Waals surface area contributed by atoms with E-state index < -0.39 is 0 Å². The third-order valence-corrected chi connectivity index (χ3v) is 3.47. The lowest BCUT2D eigenvalue weighted by molar-refractivity contribution is 0.412. The molecule has 0 saturated heterocycles. The Morgan fingerprint density at radius 3 is 2.67 bits per heavy atom. The third kappa shape index (κ3) is 4.32. The fraction of sp³-hybridized carbons (Fsp3) is 0.333. The maximum atomic E-state index is 5.29. The fourth-order valence-corrected chi connectivity index (χ4v) is 2.27. The van der Waals surface area contributed by atoms with Gasteiger partial charge in [-0.1, -0.05) is 6.92 Å². The molecule has 21 heavy (non-hydrogen) atoms. The van der Waals surface area contributed by atoms with Crippen LogP contribution in [-0.4, -0.2) is 23.6 Å². The maximum absolute atomic E-state index is 5.29. The molecule has 0 aliphatic carbocycles. The number of rotatable bonds is 6. The van der Waals surface area contributed by atoms with Gasteiger partial charge in [-0.05, 0) is 41.4 Å². The summed E-state index contributed by atoms with van der Waals surface area (Å²) in [6.45, 7) is 4.89. The fourth-order valence-electron chi connectivity index (χ4n) is 1.86. The Kier molecular flexibility index (Phi) is 5.38. The first kappa shape index (κ1) is 15.6. The second kappa shape index (κ2) is 7.26. The van der Waals surface area contributed by atoms with Crippen molar-refractivity contribution in [3.8, 4) is 5.75 Å². The minimum atomic E-state index is 0.725. The van der Waals surface area contributed by atoms with Crippen LogP contribution in [0.5, 0.6) is 5.75 Å². The van der Waals surface area contributed by atoms with Crippen LogP contribution in [0.1, 0.15) is 19.2 Å². The van der Waals surface area contributed by atoms with Crippen LogP contribution in [0.15, 0.2) is 28.7 Å². The lowest BCUT2D eigenvalue weighted by Gasteiger charge is -2.11. The summed E-state index contributed by atoms with van der Waals surface area (Å²) in [5.41, 5.74) is 0.912. The van der Waals surface area contributed by atoms with Crippen molar-refractivity contribution in [2.45, 2.75) is 20.3 Å². The molecule has 0 spiro atoms. The topological polar surface area (TPSA) is 59.1 Å². The molecule has 0 fully saturated rings. The van der Waals surface area contributed by atoms with E-state index in [1.807, 2.05) is 31.2 Å². The van der Waals surface area contributed by atoms with Crippen LogP contribution < -0.4 is 15.4 Å². The Bertz CT molecular complexity index is 619. The summed E-state index contributed by atoms with van der Waals surface area (Å²) in [4.78, 5) is 8.77. The number of anilines is 3. The van der Waals surface area contributed by atoms with E-state index >= 15 is 0 Å². The highest BCUT2D eigenvalue weighted by atomic mass is 79.9. The van der Waals surface area contributed by atoms with Crippen LogP contribution in [0.2, 0.25) is 0 Å². The lowest BCUT2D eigenvalue weighted by atomic mass is 10.3. The molecule has 0 aliphatic rings. The number of hydrogen-bond acceptors (Lipinski definition) is 5. The van der Waals surface area contributed by atoms with Gasteiger partial charge in [-0.25, -0.2) is 9.97 Å². The van der Waals surface area contributed by atoms with Crippen molar-refractivity contribution in [2.24, 2.45) is 0 Å². The summed E-state index contributed by atoms with van der Waals surface area (Å²) >= 11 is 3.44. The molecule has 0 radical (unpaired) electrons. The largest absolute Gasteiger partial charge is 0.495 e. The molecule has 0 unspecified atom stereocenters. The van der Waals surface area contributed by atoms with E-state index in [9.17, 15) is 0 Å². The summed E-state index contributed by atoms with van der Waals surface area (Å²) in [5, 5.41) is 6.54. The SMILES string of the molecule is CCCNc1cc(Nc2ccc(Br)c(OC)c2)nc(C)n1. The number of nitrogens with one attached hydrogen (secondary N) is 2. The Morgan fingerprint density at radius 2 is 1.95 bits per heavy atom. The minimum absolute atomic E-state index is 0.725. The molecule has 0 saturated carbocycles. The van der Waals surface area contributed by atoms with Crippen LogP contribution in [0.25, 0.3) is 0 Å². The van der Waals surface area contributed by atoms with Gasteiger partial charge in [0.25, 0.3) is 0 Å². The number of ether oxygens (including phenoxy) is 1. The van der Waals surface area contributed by atoms with Gasteiger partial charge in [-0.2, -0.15) is 0 Å². The molecular weight excluding hydrogens is 332 g/mol. The zero-order chi connectivity index (χ0) is 15.2. The quantitative estimate of drug-likeness (QED) is 0.820. The van der Waals surface area contributed by atoms with Crippen LogP contribution in [0, 0.1) is 6.92 Å². The third-order valence-electron chi connectivity index (χ3n) is 2.82. The van der Waals surface area contributed by atoms with Gasteiger partial charge in [0.15, 0.2) is 0 Å². The standard InChI is InChI=1S/C15H19BrN4O/c1-4-7-17-14-9-15(19-10(2)18-14)20-11-5-6-12(16)13(8-11)21-3/h5-6,8-9H,4,7H2,1-3H3,(H2,17,18,19,20). The molecule has 5 nitrogen and oxygen atoms in total. The molecule has 2 rings (SSSR count). The Hall–Kier alpha value is -1.82. The first-order valence-electron chi connectivity index (χ1n) is 6.82. The van der Waals surface area contributed by atoms with E-state index in [0.717, 1.165) is 46.3 Å². The normalized spacial score (nSPS) is 10.3. The molecule has 112 valence electrons. The van der Waals surface area contributed by atoms with E-state index in [1.165, 1.54) is 0 Å². The first-order chi connectivity index (χ1) is 10.1. The van der Waals surface area contributed by atoms with Crippen molar-refractivity contribution in [3.63, 3.8) is 0 Å². The van der Waals surface area contributed by atoms with E-state index in [2.05, 4.69) is 43.5 Å². The van der Waals surface area contributed by atoms with Crippen molar-refractivity contribution in [3.05, 3.63) is 34.6 Å². The number of halogens is 1. The number of nitrogens with zero attached hydrogens (tertiary/aromatic N) is 2. The molecule has 2 aromatic rings. The molecule has 0 bridgehead atoms. The Morgan fingerprint density at radius 1 is 1.19 bits per heavy atom. The summed E-state index contributed by atoms with van der Waals surface area (Å²) in [6.07, 6.45) is 1.05. The smallest absolute Gasteiger partial charge is 0.136 e. The van der Waals surface area contributed by atoms with Crippen LogP contribution in [0.4, 0.5) is 17.3 Å². The lowest BCUT2D eigenvalue weighted by Crippen LogP contribution is -2.05. The predicted octanol–water partition coefficient (Wildman–Crippen LogP) is 4.12. The molecule has 2 N–H and O–H groups in total. The Labute approximate surface area is 133 Å². The van der Waals surface area contributed by atoms with Gasteiger partial charge in [-0.15, -0.1) is 0 Å². The van der Waals surface area contributed by atoms with E-state index in [4.69, 9.17) is 4.74 Å². The predicted molar refractivity (Wildman–Crippen MR) is 89.5 cm³/mol.